The minimum Gasteiger partial charge on any atom is -0.298 e. The minimum atomic E-state index is -3.76. The molecule has 0 amide bonds. The van der Waals surface area contributed by atoms with Gasteiger partial charge in [0.1, 0.15) is 10.1 Å². The lowest BCUT2D eigenvalue weighted by Crippen LogP contribution is -2.29. The van der Waals surface area contributed by atoms with Gasteiger partial charge in [0.2, 0.25) is 0 Å². The topological polar surface area (TPSA) is 65.5 Å². The number of aromatic nitrogens is 1. The normalized spacial score (nSPS) is 17.2. The number of pyridine rings is 1. The van der Waals surface area contributed by atoms with Crippen molar-refractivity contribution in [3.63, 3.8) is 0 Å². The van der Waals surface area contributed by atoms with Crippen molar-refractivity contribution in [1.82, 2.24) is 15.0 Å². The van der Waals surface area contributed by atoms with Crippen LogP contribution < -0.4 is 4.72 Å². The van der Waals surface area contributed by atoms with Crippen LogP contribution in [0.4, 0.5) is 5.69 Å². The first-order chi connectivity index (χ1) is 8.83. The molecule has 0 unspecified atom stereocenters. The van der Waals surface area contributed by atoms with Crippen LogP contribution in [0.5, 0.6) is 0 Å². The predicted octanol–water partition coefficient (Wildman–Crippen LogP) is 1.68. The molecule has 0 aliphatic carbocycles. The molecule has 0 spiro atoms. The quantitative estimate of drug-likeness (QED) is 0.677. The molecule has 9 heteroatoms. The summed E-state index contributed by atoms with van der Waals surface area (Å²) in [5.74, 6) is 0. The maximum atomic E-state index is 12.3. The summed E-state index contributed by atoms with van der Waals surface area (Å²) in [6, 6.07) is 3.12. The van der Waals surface area contributed by atoms with E-state index in [1.807, 2.05) is 0 Å². The van der Waals surface area contributed by atoms with Crippen molar-refractivity contribution < 1.29 is 8.42 Å². The molecular weight excluding hydrogens is 311 g/mol. The van der Waals surface area contributed by atoms with Gasteiger partial charge in [-0.25, -0.2) is 18.4 Å². The van der Waals surface area contributed by atoms with E-state index >= 15 is 0 Å². The van der Waals surface area contributed by atoms with Crippen LogP contribution in [0.1, 0.15) is 0 Å². The highest BCUT2D eigenvalue weighted by atomic mass is 35.5. The van der Waals surface area contributed by atoms with Crippen LogP contribution >= 0.6 is 23.2 Å². The van der Waals surface area contributed by atoms with Crippen molar-refractivity contribution in [2.45, 2.75) is 0 Å². The van der Waals surface area contributed by atoms with Crippen molar-refractivity contribution in [2.75, 3.05) is 25.4 Å². The molecule has 1 aliphatic rings. The second-order valence-electron chi connectivity index (χ2n) is 4.00. The summed E-state index contributed by atoms with van der Waals surface area (Å²) in [5.41, 5.74) is 0.221. The summed E-state index contributed by atoms with van der Waals surface area (Å²) in [6.45, 7) is 0.197. The first-order valence-corrected chi connectivity index (χ1v) is 7.53. The molecule has 1 N–H and O–H groups in total. The molecule has 0 saturated heterocycles. The van der Waals surface area contributed by atoms with Gasteiger partial charge in [-0.1, -0.05) is 23.2 Å². The number of nitrogens with one attached hydrogen (secondary N) is 1. The number of rotatable bonds is 3. The molecule has 0 fully saturated rings. The fourth-order valence-corrected chi connectivity index (χ4v) is 3.58. The van der Waals surface area contributed by atoms with E-state index in [9.17, 15) is 8.42 Å². The zero-order chi connectivity index (χ0) is 14.2. The summed E-state index contributed by atoms with van der Waals surface area (Å²) in [4.78, 5) is 3.90. The number of hydrogen-bond donors (Lipinski definition) is 1. The van der Waals surface area contributed by atoms with Crippen molar-refractivity contribution in [3.05, 3.63) is 33.5 Å². The SMILES string of the molecule is CN1CC(S(=O)(=O)Nc2cccnc2Cl)=C(Cl)N1C. The first kappa shape index (κ1) is 14.4. The molecule has 2 heterocycles. The Morgan fingerprint density at radius 3 is 2.58 bits per heavy atom. The van der Waals surface area contributed by atoms with Crippen molar-refractivity contribution in [3.8, 4) is 0 Å². The van der Waals surface area contributed by atoms with Crippen molar-refractivity contribution in [1.29, 1.82) is 0 Å². The van der Waals surface area contributed by atoms with Crippen LogP contribution in [-0.4, -0.2) is 44.1 Å². The Kier molecular flexibility index (Phi) is 3.91. The van der Waals surface area contributed by atoms with Gasteiger partial charge in [0.25, 0.3) is 10.0 Å². The number of hydrazine groups is 1. The summed E-state index contributed by atoms with van der Waals surface area (Å²) in [6.07, 6.45) is 1.48. The fourth-order valence-electron chi connectivity index (χ4n) is 1.57. The van der Waals surface area contributed by atoms with Gasteiger partial charge < -0.3 is 0 Å². The summed E-state index contributed by atoms with van der Waals surface area (Å²) < 4.78 is 26.9. The molecular formula is C10H12Cl2N4O2S. The monoisotopic (exact) mass is 322 g/mol. The van der Waals surface area contributed by atoms with Crippen LogP contribution in [0.15, 0.2) is 28.4 Å². The van der Waals surface area contributed by atoms with Crippen molar-refractivity contribution >= 4 is 38.9 Å². The number of sulfonamides is 1. The molecule has 0 radical (unpaired) electrons. The molecule has 19 heavy (non-hydrogen) atoms. The second-order valence-corrected chi connectivity index (χ2v) is 6.42. The smallest absolute Gasteiger partial charge is 0.262 e. The molecule has 0 saturated carbocycles. The lowest BCUT2D eigenvalue weighted by molar-refractivity contribution is 0.111. The highest BCUT2D eigenvalue weighted by Gasteiger charge is 2.32. The number of halogens is 2. The zero-order valence-electron chi connectivity index (χ0n) is 10.3. The third kappa shape index (κ3) is 2.79. The summed E-state index contributed by atoms with van der Waals surface area (Å²) in [5, 5.41) is 3.49. The Balaban J connectivity index is 2.33. The molecule has 1 aromatic heterocycles. The summed E-state index contributed by atoms with van der Waals surface area (Å²) in [7, 11) is -0.340. The van der Waals surface area contributed by atoms with Crippen molar-refractivity contribution in [2.24, 2.45) is 0 Å². The fraction of sp³-hybridized carbons (Fsp3) is 0.300. The maximum absolute atomic E-state index is 12.3. The second kappa shape index (κ2) is 5.16. The molecule has 0 atom stereocenters. The van der Waals surface area contributed by atoms with E-state index in [4.69, 9.17) is 23.2 Å². The van der Waals surface area contributed by atoms with Gasteiger partial charge >= 0.3 is 0 Å². The largest absolute Gasteiger partial charge is 0.298 e. The molecule has 1 aliphatic heterocycles. The van der Waals surface area contributed by atoms with E-state index in [-0.39, 0.29) is 27.4 Å². The van der Waals surface area contributed by atoms with Crippen LogP contribution in [0.2, 0.25) is 5.15 Å². The van der Waals surface area contributed by atoms with Crippen LogP contribution in [0, 0.1) is 0 Å². The van der Waals surface area contributed by atoms with Crippen LogP contribution in [0.3, 0.4) is 0 Å². The Labute approximate surface area is 121 Å². The average Bonchev–Trinajstić information content (AvgIpc) is 2.60. The molecule has 1 aromatic rings. The van der Waals surface area contributed by atoms with Gasteiger partial charge in [-0.3, -0.25) is 9.73 Å². The first-order valence-electron chi connectivity index (χ1n) is 5.29. The van der Waals surface area contributed by atoms with E-state index in [1.165, 1.54) is 12.3 Å². The van der Waals surface area contributed by atoms with Crippen LogP contribution in [-0.2, 0) is 10.0 Å². The third-order valence-electron chi connectivity index (χ3n) is 2.73. The molecule has 104 valence electrons. The van der Waals surface area contributed by atoms with E-state index in [0.29, 0.717) is 0 Å². The van der Waals surface area contributed by atoms with Gasteiger partial charge in [0.15, 0.2) is 5.15 Å². The Bertz CT molecular complexity index is 632. The average molecular weight is 323 g/mol. The summed E-state index contributed by atoms with van der Waals surface area (Å²) >= 11 is 11.8. The highest BCUT2D eigenvalue weighted by molar-refractivity contribution is 7.96. The Morgan fingerprint density at radius 1 is 1.37 bits per heavy atom. The number of anilines is 1. The molecule has 0 aromatic carbocycles. The highest BCUT2D eigenvalue weighted by Crippen LogP contribution is 2.29. The lowest BCUT2D eigenvalue weighted by atomic mass is 10.4. The van der Waals surface area contributed by atoms with Crippen LogP contribution in [0.25, 0.3) is 0 Å². The third-order valence-corrected chi connectivity index (χ3v) is 5.07. The van der Waals surface area contributed by atoms with E-state index in [1.54, 1.807) is 30.2 Å². The Hall–Kier alpha value is -1.02. The number of nitrogens with zero attached hydrogens (tertiary/aromatic N) is 3. The molecule has 6 nitrogen and oxygen atoms in total. The lowest BCUT2D eigenvalue weighted by Gasteiger charge is -2.20. The van der Waals surface area contributed by atoms with E-state index in [0.717, 1.165) is 0 Å². The number of likely N-dealkylation sites (N-methyl/N-ethyl adjacent to an activating group) is 1. The van der Waals surface area contributed by atoms with Gasteiger partial charge in [-0.05, 0) is 12.1 Å². The number of hydrogen-bond acceptors (Lipinski definition) is 5. The van der Waals surface area contributed by atoms with Gasteiger partial charge in [-0.15, -0.1) is 0 Å². The van der Waals surface area contributed by atoms with Gasteiger partial charge in [-0.2, -0.15) is 0 Å². The molecule has 2 rings (SSSR count). The van der Waals surface area contributed by atoms with Gasteiger partial charge in [0, 0.05) is 20.3 Å². The predicted molar refractivity (Wildman–Crippen MR) is 75.1 cm³/mol. The van der Waals surface area contributed by atoms with E-state index < -0.39 is 10.0 Å². The maximum Gasteiger partial charge on any atom is 0.262 e. The van der Waals surface area contributed by atoms with E-state index in [2.05, 4.69) is 9.71 Å². The van der Waals surface area contributed by atoms with Gasteiger partial charge in [0.05, 0.1) is 12.2 Å². The standard InChI is InChI=1S/C10H12Cl2N4O2S/c1-15-6-8(10(12)16(15)2)19(17,18)14-7-4-3-5-13-9(7)11/h3-5,14H,6H2,1-2H3. The Morgan fingerprint density at radius 2 is 2.05 bits per heavy atom. The molecule has 0 bridgehead atoms. The zero-order valence-corrected chi connectivity index (χ0v) is 12.6. The minimum absolute atomic E-state index is 0.0857.